The van der Waals surface area contributed by atoms with Crippen LogP contribution in [0, 0.1) is 5.92 Å². The van der Waals surface area contributed by atoms with Crippen LogP contribution in [0.3, 0.4) is 0 Å². The smallest absolute Gasteiger partial charge is 0.231 e. The maximum Gasteiger partial charge on any atom is 0.231 e. The summed E-state index contributed by atoms with van der Waals surface area (Å²) < 4.78 is 10.5. The van der Waals surface area contributed by atoms with E-state index in [2.05, 4.69) is 13.8 Å². The Morgan fingerprint density at radius 1 is 1.29 bits per heavy atom. The van der Waals surface area contributed by atoms with E-state index in [1.165, 1.54) is 0 Å². The summed E-state index contributed by atoms with van der Waals surface area (Å²) in [6.07, 6.45) is 4.12. The lowest BCUT2D eigenvalue weighted by molar-refractivity contribution is 0.174. The number of rotatable bonds is 4. The molecule has 1 unspecified atom stereocenters. The first-order valence-electron chi connectivity index (χ1n) is 5.91. The third-order valence-corrected chi connectivity index (χ3v) is 2.62. The van der Waals surface area contributed by atoms with Crippen LogP contribution >= 0.6 is 0 Å². The van der Waals surface area contributed by atoms with Crippen molar-refractivity contribution >= 4 is 6.08 Å². The van der Waals surface area contributed by atoms with Gasteiger partial charge in [-0.2, -0.15) is 0 Å². The van der Waals surface area contributed by atoms with Crippen molar-refractivity contribution in [2.45, 2.75) is 26.4 Å². The van der Waals surface area contributed by atoms with Gasteiger partial charge >= 0.3 is 0 Å². The summed E-state index contributed by atoms with van der Waals surface area (Å²) in [5.41, 5.74) is 1.01. The standard InChI is InChI=1S/C14H18O3/c1-10(2)7-12(15)5-3-11-4-6-13-14(8-11)17-9-16-13/h3-6,8,10,12,15H,7,9H2,1-2H3/b5-3+. The highest BCUT2D eigenvalue weighted by Gasteiger charge is 2.12. The van der Waals surface area contributed by atoms with Gasteiger partial charge in [-0.15, -0.1) is 0 Å². The fourth-order valence-corrected chi connectivity index (χ4v) is 1.80. The Morgan fingerprint density at radius 3 is 2.82 bits per heavy atom. The normalized spacial score (nSPS) is 15.8. The van der Waals surface area contributed by atoms with E-state index in [0.717, 1.165) is 23.5 Å². The number of fused-ring (bicyclic) bond motifs is 1. The summed E-state index contributed by atoms with van der Waals surface area (Å²) >= 11 is 0. The average Bonchev–Trinajstić information content (AvgIpc) is 2.72. The summed E-state index contributed by atoms with van der Waals surface area (Å²) in [6, 6.07) is 5.75. The predicted molar refractivity (Wildman–Crippen MR) is 67.1 cm³/mol. The Hall–Kier alpha value is -1.48. The molecule has 1 aliphatic rings. The van der Waals surface area contributed by atoms with E-state index < -0.39 is 0 Å². The first-order valence-corrected chi connectivity index (χ1v) is 5.91. The van der Waals surface area contributed by atoms with Gasteiger partial charge in [-0.1, -0.05) is 32.1 Å². The lowest BCUT2D eigenvalue weighted by Crippen LogP contribution is -2.05. The molecule has 1 aromatic carbocycles. The zero-order valence-electron chi connectivity index (χ0n) is 10.2. The van der Waals surface area contributed by atoms with E-state index in [1.807, 2.05) is 30.4 Å². The molecule has 3 heteroatoms. The molecular weight excluding hydrogens is 216 g/mol. The third kappa shape index (κ3) is 3.24. The van der Waals surface area contributed by atoms with E-state index in [4.69, 9.17) is 9.47 Å². The predicted octanol–water partition coefficient (Wildman–Crippen LogP) is 2.84. The molecule has 0 saturated carbocycles. The van der Waals surface area contributed by atoms with Crippen molar-refractivity contribution in [3.63, 3.8) is 0 Å². The van der Waals surface area contributed by atoms with E-state index in [-0.39, 0.29) is 6.10 Å². The van der Waals surface area contributed by atoms with Crippen molar-refractivity contribution in [1.29, 1.82) is 0 Å². The van der Waals surface area contributed by atoms with Gasteiger partial charge in [0.15, 0.2) is 11.5 Å². The van der Waals surface area contributed by atoms with Crippen LogP contribution in [0.4, 0.5) is 0 Å². The first-order chi connectivity index (χ1) is 8.15. The van der Waals surface area contributed by atoms with Crippen molar-refractivity contribution in [2.75, 3.05) is 6.79 Å². The molecule has 1 atom stereocenters. The molecule has 1 heterocycles. The van der Waals surface area contributed by atoms with Crippen LogP contribution in [0.25, 0.3) is 6.08 Å². The molecule has 2 rings (SSSR count). The second-order valence-electron chi connectivity index (χ2n) is 4.67. The van der Waals surface area contributed by atoms with Gasteiger partial charge in [-0.05, 0) is 30.0 Å². The van der Waals surface area contributed by atoms with E-state index in [1.54, 1.807) is 0 Å². The molecule has 3 nitrogen and oxygen atoms in total. The number of hydrogen-bond acceptors (Lipinski definition) is 3. The summed E-state index contributed by atoms with van der Waals surface area (Å²) in [7, 11) is 0. The molecule has 0 aliphatic carbocycles. The quantitative estimate of drug-likeness (QED) is 0.870. The van der Waals surface area contributed by atoms with Gasteiger partial charge in [-0.25, -0.2) is 0 Å². The summed E-state index contributed by atoms with van der Waals surface area (Å²) in [5.74, 6) is 2.04. The molecular formula is C14H18O3. The topological polar surface area (TPSA) is 38.7 Å². The fourth-order valence-electron chi connectivity index (χ4n) is 1.80. The second-order valence-corrected chi connectivity index (χ2v) is 4.67. The van der Waals surface area contributed by atoms with E-state index in [0.29, 0.717) is 12.7 Å². The maximum atomic E-state index is 9.73. The van der Waals surface area contributed by atoms with Gasteiger partial charge in [0.05, 0.1) is 6.10 Å². The van der Waals surface area contributed by atoms with Crippen molar-refractivity contribution < 1.29 is 14.6 Å². The Morgan fingerprint density at radius 2 is 2.06 bits per heavy atom. The minimum absolute atomic E-state index is 0.290. The van der Waals surface area contributed by atoms with Crippen LogP contribution in [0.15, 0.2) is 24.3 Å². The lowest BCUT2D eigenvalue weighted by Gasteiger charge is -2.07. The molecule has 0 bridgehead atoms. The highest BCUT2D eigenvalue weighted by atomic mass is 16.7. The summed E-state index contributed by atoms with van der Waals surface area (Å²) in [6.45, 7) is 4.48. The molecule has 1 aromatic rings. The molecule has 17 heavy (non-hydrogen) atoms. The molecule has 0 aromatic heterocycles. The fraction of sp³-hybridized carbons (Fsp3) is 0.429. The SMILES string of the molecule is CC(C)CC(O)/C=C/c1ccc2c(c1)OCO2. The van der Waals surface area contributed by atoms with Gasteiger partial charge in [0.2, 0.25) is 6.79 Å². The van der Waals surface area contributed by atoms with Gasteiger partial charge in [0.25, 0.3) is 0 Å². The molecule has 0 amide bonds. The van der Waals surface area contributed by atoms with Crippen LogP contribution in [0.5, 0.6) is 11.5 Å². The van der Waals surface area contributed by atoms with Gasteiger partial charge in [0.1, 0.15) is 0 Å². The van der Waals surface area contributed by atoms with Crippen molar-refractivity contribution in [3.8, 4) is 11.5 Å². The highest BCUT2D eigenvalue weighted by molar-refractivity contribution is 5.56. The Kier molecular flexibility index (Phi) is 3.69. The minimum Gasteiger partial charge on any atom is -0.454 e. The van der Waals surface area contributed by atoms with Crippen molar-refractivity contribution in [2.24, 2.45) is 5.92 Å². The zero-order chi connectivity index (χ0) is 12.3. The molecule has 1 aliphatic heterocycles. The number of aliphatic hydroxyl groups is 1. The van der Waals surface area contributed by atoms with Gasteiger partial charge in [-0.3, -0.25) is 0 Å². The molecule has 92 valence electrons. The van der Waals surface area contributed by atoms with E-state index in [9.17, 15) is 5.11 Å². The van der Waals surface area contributed by atoms with Crippen LogP contribution in [0.1, 0.15) is 25.8 Å². The molecule has 0 radical (unpaired) electrons. The van der Waals surface area contributed by atoms with Crippen molar-refractivity contribution in [3.05, 3.63) is 29.8 Å². The van der Waals surface area contributed by atoms with Crippen LogP contribution < -0.4 is 9.47 Å². The van der Waals surface area contributed by atoms with Crippen molar-refractivity contribution in [1.82, 2.24) is 0 Å². The number of hydrogen-bond donors (Lipinski definition) is 1. The Labute approximate surface area is 102 Å². The Balaban J connectivity index is 2.01. The number of aliphatic hydroxyl groups excluding tert-OH is 1. The lowest BCUT2D eigenvalue weighted by atomic mass is 10.0. The van der Waals surface area contributed by atoms with Gasteiger partial charge in [0, 0.05) is 0 Å². The van der Waals surface area contributed by atoms with Crippen LogP contribution in [0.2, 0.25) is 0 Å². The summed E-state index contributed by atoms with van der Waals surface area (Å²) in [4.78, 5) is 0. The van der Waals surface area contributed by atoms with Crippen LogP contribution in [-0.4, -0.2) is 18.0 Å². The summed E-state index contributed by atoms with van der Waals surface area (Å²) in [5, 5.41) is 9.73. The monoisotopic (exact) mass is 234 g/mol. The zero-order valence-corrected chi connectivity index (χ0v) is 10.2. The highest BCUT2D eigenvalue weighted by Crippen LogP contribution is 2.32. The minimum atomic E-state index is -0.388. The second kappa shape index (κ2) is 5.23. The first kappa shape index (κ1) is 12.0. The average molecular weight is 234 g/mol. The van der Waals surface area contributed by atoms with Gasteiger partial charge < -0.3 is 14.6 Å². The molecule has 1 N–H and O–H groups in total. The largest absolute Gasteiger partial charge is 0.454 e. The van der Waals surface area contributed by atoms with Crippen LogP contribution in [-0.2, 0) is 0 Å². The molecule has 0 spiro atoms. The van der Waals surface area contributed by atoms with E-state index >= 15 is 0 Å². The number of ether oxygens (including phenoxy) is 2. The number of benzene rings is 1. The Bertz CT molecular complexity index is 410. The molecule has 0 saturated heterocycles. The maximum absolute atomic E-state index is 9.73. The third-order valence-electron chi connectivity index (χ3n) is 2.62. The molecule has 0 fully saturated rings.